The first kappa shape index (κ1) is 15.3. The molecule has 0 fully saturated rings. The van der Waals surface area contributed by atoms with Crippen molar-refractivity contribution in [2.24, 2.45) is 0 Å². The average molecular weight is 376 g/mol. The maximum Gasteiger partial charge on any atom is 0.289 e. The number of nitrogens with zero attached hydrogens (tertiary/aromatic N) is 2. The maximum absolute atomic E-state index is 12.7. The molecule has 21 heavy (non-hydrogen) atoms. The van der Waals surface area contributed by atoms with E-state index < -0.39 is 31.3 Å². The molecular formula is C11H7BrFN3O4S. The van der Waals surface area contributed by atoms with Crippen molar-refractivity contribution < 1.29 is 17.7 Å². The number of hydrogen-bond acceptors (Lipinski definition) is 5. The number of benzene rings is 1. The van der Waals surface area contributed by atoms with Gasteiger partial charge in [-0.1, -0.05) is 15.9 Å². The fourth-order valence-corrected chi connectivity index (χ4v) is 3.20. The third kappa shape index (κ3) is 3.52. The van der Waals surface area contributed by atoms with E-state index >= 15 is 0 Å². The van der Waals surface area contributed by atoms with Crippen LogP contribution >= 0.6 is 15.9 Å². The second-order valence-corrected chi connectivity index (χ2v) is 6.40. The number of pyridine rings is 1. The number of nitro groups is 1. The highest BCUT2D eigenvalue weighted by Crippen LogP contribution is 2.28. The number of aromatic nitrogens is 1. The number of rotatable bonds is 4. The minimum atomic E-state index is -4.23. The zero-order valence-electron chi connectivity index (χ0n) is 10.2. The molecule has 0 amide bonds. The van der Waals surface area contributed by atoms with E-state index in [1.165, 1.54) is 6.07 Å². The Morgan fingerprint density at radius 1 is 1.29 bits per heavy atom. The van der Waals surface area contributed by atoms with Crippen molar-refractivity contribution >= 4 is 37.5 Å². The van der Waals surface area contributed by atoms with Crippen LogP contribution < -0.4 is 4.72 Å². The molecule has 0 bridgehead atoms. The van der Waals surface area contributed by atoms with Gasteiger partial charge in [0.15, 0.2) is 4.90 Å². The Morgan fingerprint density at radius 3 is 2.57 bits per heavy atom. The van der Waals surface area contributed by atoms with Crippen LogP contribution in [0.1, 0.15) is 0 Å². The molecule has 0 aliphatic carbocycles. The van der Waals surface area contributed by atoms with Gasteiger partial charge in [-0.3, -0.25) is 14.8 Å². The molecule has 7 nitrogen and oxygen atoms in total. The van der Waals surface area contributed by atoms with Crippen molar-refractivity contribution in [3.63, 3.8) is 0 Å². The van der Waals surface area contributed by atoms with Crippen LogP contribution in [0.3, 0.4) is 0 Å². The zero-order chi connectivity index (χ0) is 15.6. The molecule has 0 saturated carbocycles. The van der Waals surface area contributed by atoms with Crippen LogP contribution in [-0.2, 0) is 10.0 Å². The van der Waals surface area contributed by atoms with Crippen molar-refractivity contribution in [2.75, 3.05) is 4.72 Å². The van der Waals surface area contributed by atoms with E-state index in [1.807, 2.05) is 0 Å². The van der Waals surface area contributed by atoms with Gasteiger partial charge in [-0.2, -0.15) is 0 Å². The van der Waals surface area contributed by atoms with Gasteiger partial charge >= 0.3 is 0 Å². The highest BCUT2D eigenvalue weighted by Gasteiger charge is 2.26. The molecule has 0 aliphatic heterocycles. The van der Waals surface area contributed by atoms with Gasteiger partial charge in [0.05, 0.1) is 11.1 Å². The molecule has 1 heterocycles. The van der Waals surface area contributed by atoms with Crippen molar-refractivity contribution in [3.8, 4) is 0 Å². The molecular weight excluding hydrogens is 369 g/mol. The minimum absolute atomic E-state index is 0.148. The quantitative estimate of drug-likeness (QED) is 0.653. The van der Waals surface area contributed by atoms with Crippen molar-refractivity contribution in [2.45, 2.75) is 4.90 Å². The number of nitrogens with one attached hydrogen (secondary N) is 1. The zero-order valence-corrected chi connectivity index (χ0v) is 12.6. The Kier molecular flexibility index (Phi) is 4.19. The topological polar surface area (TPSA) is 102 Å². The largest absolute Gasteiger partial charge is 0.289 e. The maximum atomic E-state index is 12.7. The van der Waals surface area contributed by atoms with Crippen LogP contribution in [0.25, 0.3) is 0 Å². The van der Waals surface area contributed by atoms with Gasteiger partial charge in [0, 0.05) is 10.5 Å². The minimum Gasteiger partial charge on any atom is -0.263 e. The van der Waals surface area contributed by atoms with E-state index in [0.717, 1.165) is 30.5 Å². The van der Waals surface area contributed by atoms with E-state index in [4.69, 9.17) is 0 Å². The molecule has 0 unspecified atom stereocenters. The molecule has 2 aromatic rings. The van der Waals surface area contributed by atoms with E-state index in [1.54, 1.807) is 0 Å². The van der Waals surface area contributed by atoms with Crippen LogP contribution in [0, 0.1) is 15.9 Å². The van der Waals surface area contributed by atoms with Gasteiger partial charge in [0.25, 0.3) is 15.7 Å². The molecule has 0 aliphatic rings. The number of anilines is 1. The molecule has 0 atom stereocenters. The van der Waals surface area contributed by atoms with Gasteiger partial charge < -0.3 is 0 Å². The Bertz CT molecular complexity index is 796. The Labute approximate surface area is 127 Å². The Balaban J connectivity index is 2.46. The summed E-state index contributed by atoms with van der Waals surface area (Å²) < 4.78 is 39.5. The first-order valence-electron chi connectivity index (χ1n) is 5.38. The monoisotopic (exact) mass is 375 g/mol. The predicted octanol–water partition coefficient (Wildman–Crippen LogP) is 2.69. The van der Waals surface area contributed by atoms with E-state index in [-0.39, 0.29) is 5.82 Å². The van der Waals surface area contributed by atoms with Crippen LogP contribution in [0.4, 0.5) is 15.9 Å². The summed E-state index contributed by atoms with van der Waals surface area (Å²) in [5.41, 5.74) is -0.576. The van der Waals surface area contributed by atoms with Gasteiger partial charge in [-0.25, -0.2) is 17.8 Å². The van der Waals surface area contributed by atoms with Gasteiger partial charge in [-0.15, -0.1) is 0 Å². The molecule has 10 heteroatoms. The molecule has 0 saturated heterocycles. The van der Waals surface area contributed by atoms with Crippen LogP contribution in [0.5, 0.6) is 0 Å². The van der Waals surface area contributed by atoms with Crippen LogP contribution in [0.15, 0.2) is 45.9 Å². The number of nitro benzene ring substituents is 1. The van der Waals surface area contributed by atoms with Crippen LogP contribution in [0.2, 0.25) is 0 Å². The number of halogens is 2. The van der Waals surface area contributed by atoms with Crippen molar-refractivity contribution in [1.29, 1.82) is 0 Å². The third-order valence-corrected chi connectivity index (χ3v) is 4.25. The summed E-state index contributed by atoms with van der Waals surface area (Å²) >= 11 is 3.05. The average Bonchev–Trinajstić information content (AvgIpc) is 2.41. The summed E-state index contributed by atoms with van der Waals surface area (Å²) in [7, 11) is -4.23. The fourth-order valence-electron chi connectivity index (χ4n) is 1.48. The summed E-state index contributed by atoms with van der Waals surface area (Å²) in [4.78, 5) is 13.1. The smallest absolute Gasteiger partial charge is 0.263 e. The summed E-state index contributed by atoms with van der Waals surface area (Å²) in [5, 5.41) is 10.9. The van der Waals surface area contributed by atoms with Crippen molar-refractivity contribution in [3.05, 3.63) is 56.9 Å². The highest BCUT2D eigenvalue weighted by molar-refractivity contribution is 9.10. The molecule has 0 radical (unpaired) electrons. The summed E-state index contributed by atoms with van der Waals surface area (Å²) in [5.74, 6) is -0.781. The number of hydrogen-bond donors (Lipinski definition) is 1. The molecule has 2 rings (SSSR count). The lowest BCUT2D eigenvalue weighted by Crippen LogP contribution is -2.15. The predicted molar refractivity (Wildman–Crippen MR) is 75.8 cm³/mol. The summed E-state index contributed by atoms with van der Waals surface area (Å²) in [6.45, 7) is 0. The first-order valence-corrected chi connectivity index (χ1v) is 7.65. The molecule has 1 N–H and O–H groups in total. The van der Waals surface area contributed by atoms with Crippen LogP contribution in [-0.4, -0.2) is 18.3 Å². The third-order valence-electron chi connectivity index (χ3n) is 2.37. The lowest BCUT2D eigenvalue weighted by Gasteiger charge is -2.08. The highest BCUT2D eigenvalue weighted by atomic mass is 79.9. The molecule has 0 spiro atoms. The van der Waals surface area contributed by atoms with Gasteiger partial charge in [0.1, 0.15) is 11.6 Å². The van der Waals surface area contributed by atoms with Gasteiger partial charge in [0.2, 0.25) is 0 Å². The summed E-state index contributed by atoms with van der Waals surface area (Å²) in [6, 6.07) is 5.64. The number of sulfonamides is 1. The molecule has 1 aromatic heterocycles. The van der Waals surface area contributed by atoms with Crippen molar-refractivity contribution in [1.82, 2.24) is 4.98 Å². The second-order valence-electron chi connectivity index (χ2n) is 3.84. The lowest BCUT2D eigenvalue weighted by molar-refractivity contribution is -0.387. The Morgan fingerprint density at radius 2 is 2.00 bits per heavy atom. The van der Waals surface area contributed by atoms with Gasteiger partial charge in [-0.05, 0) is 24.3 Å². The standard InChI is InChI=1S/C11H7BrFN3O4S/c12-7-1-3-9(16(17)18)10(5-7)21(19,20)15-11-4-2-8(13)6-14-11/h1-6H,(H,14,15). The van der Waals surface area contributed by atoms with E-state index in [9.17, 15) is 22.9 Å². The fraction of sp³-hybridized carbons (Fsp3) is 0. The SMILES string of the molecule is O=[N+]([O-])c1ccc(Br)cc1S(=O)(=O)Nc1ccc(F)cn1. The Hall–Kier alpha value is -2.07. The second kappa shape index (κ2) is 5.74. The van der Waals surface area contributed by atoms with E-state index in [0.29, 0.717) is 4.47 Å². The first-order chi connectivity index (χ1) is 9.79. The summed E-state index contributed by atoms with van der Waals surface area (Å²) in [6.07, 6.45) is 0.827. The molecule has 1 aromatic carbocycles. The van der Waals surface area contributed by atoms with E-state index in [2.05, 4.69) is 25.6 Å². The molecule has 110 valence electrons. The normalized spacial score (nSPS) is 11.1. The lowest BCUT2D eigenvalue weighted by atomic mass is 10.3.